The van der Waals surface area contributed by atoms with Gasteiger partial charge in [0.2, 0.25) is 0 Å². The third-order valence-electron chi connectivity index (χ3n) is 6.03. The lowest BCUT2D eigenvalue weighted by Crippen LogP contribution is -2.22. The number of aryl methyl sites for hydroxylation is 1. The van der Waals surface area contributed by atoms with Gasteiger partial charge in [-0.3, -0.25) is 9.36 Å². The Hall–Kier alpha value is -3.82. The van der Waals surface area contributed by atoms with Crippen LogP contribution < -0.4 is 10.9 Å². The van der Waals surface area contributed by atoms with Crippen LogP contribution in [0.5, 0.6) is 0 Å². The predicted molar refractivity (Wildman–Crippen MR) is 143 cm³/mol. The molecule has 1 N–H and O–H groups in total. The molecule has 0 aliphatic carbocycles. The van der Waals surface area contributed by atoms with E-state index in [9.17, 15) is 9.59 Å². The molecule has 10 heteroatoms. The van der Waals surface area contributed by atoms with E-state index < -0.39 is 5.97 Å². The monoisotopic (exact) mass is 519 g/mol. The smallest absolute Gasteiger partial charge is 0.358 e. The fourth-order valence-electron chi connectivity index (χ4n) is 4.30. The van der Waals surface area contributed by atoms with E-state index in [-0.39, 0.29) is 22.4 Å². The van der Waals surface area contributed by atoms with E-state index in [2.05, 4.69) is 15.3 Å². The van der Waals surface area contributed by atoms with Gasteiger partial charge in [0.1, 0.15) is 11.0 Å². The zero-order chi connectivity index (χ0) is 25.6. The first kappa shape index (κ1) is 23.9. The van der Waals surface area contributed by atoms with Crippen LogP contribution in [0, 0.1) is 6.92 Å². The number of ether oxygens (including phenoxy) is 1. The normalized spacial score (nSPS) is 12.1. The second-order valence-electron chi connectivity index (χ2n) is 8.44. The van der Waals surface area contributed by atoms with E-state index in [4.69, 9.17) is 21.3 Å². The van der Waals surface area contributed by atoms with Gasteiger partial charge in [0, 0.05) is 18.2 Å². The first-order valence-corrected chi connectivity index (χ1v) is 12.4. The number of hydrogen-bond donors (Lipinski definition) is 1. The molecule has 0 saturated carbocycles. The summed E-state index contributed by atoms with van der Waals surface area (Å²) in [5.74, 6) is -0.0451. The summed E-state index contributed by atoms with van der Waals surface area (Å²) in [5.41, 5.74) is 6.21. The number of fused-ring (bicyclic) bond motifs is 2. The molecule has 3 heterocycles. The van der Waals surface area contributed by atoms with E-state index in [1.54, 1.807) is 29.3 Å². The number of pyridine rings is 1. The van der Waals surface area contributed by atoms with Crippen LogP contribution in [-0.4, -0.2) is 32.6 Å². The predicted octanol–water partition coefficient (Wildman–Crippen LogP) is 5.53. The Balaban J connectivity index is 1.69. The Morgan fingerprint density at radius 2 is 2.00 bits per heavy atom. The van der Waals surface area contributed by atoms with Crippen molar-refractivity contribution in [2.75, 3.05) is 12.4 Å². The third-order valence-corrected chi connectivity index (χ3v) is 7.12. The summed E-state index contributed by atoms with van der Waals surface area (Å²) in [6, 6.07) is 12.6. The van der Waals surface area contributed by atoms with Crippen LogP contribution in [0.1, 0.15) is 34.6 Å². The first-order chi connectivity index (χ1) is 17.3. The van der Waals surface area contributed by atoms with Crippen LogP contribution in [0.25, 0.3) is 32.5 Å². The van der Waals surface area contributed by atoms with Crippen molar-refractivity contribution in [3.8, 4) is 11.4 Å². The van der Waals surface area contributed by atoms with Crippen LogP contribution in [0.2, 0.25) is 5.15 Å². The van der Waals surface area contributed by atoms with Gasteiger partial charge >= 0.3 is 5.97 Å². The number of carbonyl (C=O) groups excluding carboxylic acids is 1. The molecule has 0 radical (unpaired) electrons. The second kappa shape index (κ2) is 9.33. The lowest BCUT2D eigenvalue weighted by molar-refractivity contribution is 0.0595. The van der Waals surface area contributed by atoms with Crippen LogP contribution in [0.3, 0.4) is 0 Å². The van der Waals surface area contributed by atoms with Crippen molar-refractivity contribution in [2.24, 2.45) is 7.05 Å². The fraction of sp³-hybridized carbons (Fsp3) is 0.192. The Labute approximate surface area is 215 Å². The number of hydrogen-bond acceptors (Lipinski definition) is 8. The zero-order valence-electron chi connectivity index (χ0n) is 20.0. The topological polar surface area (TPSA) is 99.0 Å². The zero-order valence-corrected chi connectivity index (χ0v) is 21.6. The molecule has 36 heavy (non-hydrogen) atoms. The maximum Gasteiger partial charge on any atom is 0.358 e. The summed E-state index contributed by atoms with van der Waals surface area (Å²) in [7, 11) is 3.02. The number of halogens is 1. The molecule has 0 bridgehead atoms. The van der Waals surface area contributed by atoms with Crippen LogP contribution in [0.4, 0.5) is 5.69 Å². The molecule has 182 valence electrons. The minimum Gasteiger partial charge on any atom is -0.464 e. The molecular formula is C26H22ClN5O3S. The third kappa shape index (κ3) is 4.10. The lowest BCUT2D eigenvalue weighted by Gasteiger charge is -2.20. The maximum absolute atomic E-state index is 13.5. The van der Waals surface area contributed by atoms with E-state index in [1.807, 2.05) is 44.2 Å². The van der Waals surface area contributed by atoms with E-state index in [1.165, 1.54) is 18.4 Å². The van der Waals surface area contributed by atoms with Gasteiger partial charge < -0.3 is 10.1 Å². The highest BCUT2D eigenvalue weighted by Crippen LogP contribution is 2.32. The van der Waals surface area contributed by atoms with Crippen molar-refractivity contribution < 1.29 is 9.53 Å². The largest absolute Gasteiger partial charge is 0.464 e. The summed E-state index contributed by atoms with van der Waals surface area (Å²) >= 11 is 7.52. The Bertz CT molecular complexity index is 1710. The molecule has 0 aliphatic heterocycles. The summed E-state index contributed by atoms with van der Waals surface area (Å²) in [4.78, 5) is 39.3. The van der Waals surface area contributed by atoms with Crippen molar-refractivity contribution in [1.29, 1.82) is 0 Å². The van der Waals surface area contributed by atoms with Crippen LogP contribution in [-0.2, 0) is 11.8 Å². The van der Waals surface area contributed by atoms with E-state index in [0.717, 1.165) is 26.9 Å². The highest BCUT2D eigenvalue weighted by atomic mass is 35.5. The van der Waals surface area contributed by atoms with Crippen molar-refractivity contribution >= 4 is 55.7 Å². The molecule has 5 rings (SSSR count). The Kier molecular flexibility index (Phi) is 6.19. The first-order valence-electron chi connectivity index (χ1n) is 11.1. The number of nitrogens with zero attached hydrogens (tertiary/aromatic N) is 4. The van der Waals surface area contributed by atoms with Crippen molar-refractivity contribution in [3.63, 3.8) is 0 Å². The van der Waals surface area contributed by atoms with Gasteiger partial charge in [0.25, 0.3) is 5.56 Å². The molecule has 0 fully saturated rings. The minimum atomic E-state index is -0.603. The minimum absolute atomic E-state index is 0.0789. The van der Waals surface area contributed by atoms with Crippen LogP contribution >= 0.6 is 22.9 Å². The molecule has 0 aliphatic rings. The molecule has 0 saturated heterocycles. The van der Waals surface area contributed by atoms with E-state index >= 15 is 0 Å². The summed E-state index contributed by atoms with van der Waals surface area (Å²) in [5, 5.41) is 4.03. The average Bonchev–Trinajstić information content (AvgIpc) is 3.36. The summed E-state index contributed by atoms with van der Waals surface area (Å²) in [6.45, 7) is 3.87. The molecule has 5 aromatic rings. The lowest BCUT2D eigenvalue weighted by atomic mass is 10.0. The molecular weight excluding hydrogens is 498 g/mol. The standard InChI is InChI=1S/C26H22ClN5O3S/c1-13-10-16(14(2)29-18-8-9-20(27)30-22(18)26(34)35-4)21-17(11-13)25(33)32(3)24(31-21)15-6-5-7-19-23(15)36-12-28-19/h5-12,14,29H,1-4H3/t14-/m1/s1. The average molecular weight is 520 g/mol. The maximum atomic E-state index is 13.5. The van der Waals surface area contributed by atoms with Gasteiger partial charge in [-0.2, -0.15) is 0 Å². The molecule has 0 amide bonds. The van der Waals surface area contributed by atoms with Gasteiger partial charge in [-0.15, -0.1) is 11.3 Å². The molecule has 8 nitrogen and oxygen atoms in total. The van der Waals surface area contributed by atoms with Gasteiger partial charge in [0.15, 0.2) is 5.69 Å². The molecule has 0 unspecified atom stereocenters. The van der Waals surface area contributed by atoms with E-state index in [0.29, 0.717) is 22.4 Å². The van der Waals surface area contributed by atoms with Crippen LogP contribution in [0.15, 0.2) is 52.8 Å². The second-order valence-corrected chi connectivity index (χ2v) is 9.69. The highest BCUT2D eigenvalue weighted by Gasteiger charge is 2.21. The van der Waals surface area contributed by atoms with Crippen molar-refractivity contribution in [2.45, 2.75) is 19.9 Å². The van der Waals surface area contributed by atoms with Gasteiger partial charge in [-0.1, -0.05) is 23.7 Å². The summed E-state index contributed by atoms with van der Waals surface area (Å²) in [6.07, 6.45) is 0. The number of thiazole rings is 1. The number of rotatable bonds is 5. The Morgan fingerprint density at radius 1 is 1.19 bits per heavy atom. The fourth-order valence-corrected chi connectivity index (χ4v) is 5.25. The Morgan fingerprint density at radius 3 is 2.78 bits per heavy atom. The summed E-state index contributed by atoms with van der Waals surface area (Å²) < 4.78 is 7.42. The molecule has 0 spiro atoms. The molecule has 2 aromatic carbocycles. The molecule has 1 atom stereocenters. The number of benzene rings is 2. The number of nitrogens with one attached hydrogen (secondary N) is 1. The number of aromatic nitrogens is 4. The number of carbonyl (C=O) groups is 1. The van der Waals surface area contributed by atoms with Gasteiger partial charge in [-0.05, 0) is 49.7 Å². The van der Waals surface area contributed by atoms with Crippen molar-refractivity contribution in [3.05, 3.63) is 80.3 Å². The molecule has 3 aromatic heterocycles. The number of anilines is 1. The van der Waals surface area contributed by atoms with Gasteiger partial charge in [0.05, 0.1) is 45.5 Å². The van der Waals surface area contributed by atoms with Crippen molar-refractivity contribution in [1.82, 2.24) is 19.5 Å². The number of methoxy groups -OCH3 is 1. The SMILES string of the molecule is COC(=O)c1nc(Cl)ccc1N[C@H](C)c1cc(C)cc2c(=O)n(C)c(-c3cccc4ncsc34)nc12. The van der Waals surface area contributed by atoms with Gasteiger partial charge in [-0.25, -0.2) is 19.7 Å². The number of esters is 1. The highest BCUT2D eigenvalue weighted by molar-refractivity contribution is 7.17. The quantitative estimate of drug-likeness (QED) is 0.241.